The van der Waals surface area contributed by atoms with Crippen LogP contribution in [0.3, 0.4) is 0 Å². The van der Waals surface area contributed by atoms with Gasteiger partial charge in [0.2, 0.25) is 5.91 Å². The van der Waals surface area contributed by atoms with Crippen LogP contribution in [0.5, 0.6) is 5.75 Å². The topological polar surface area (TPSA) is 62.1 Å². The van der Waals surface area contributed by atoms with Gasteiger partial charge in [0.1, 0.15) is 11.8 Å². The molecule has 0 spiro atoms. The fraction of sp³-hybridized carbons (Fsp3) is 0.333. The van der Waals surface area contributed by atoms with E-state index in [1.54, 1.807) is 30.3 Å². The molecular formula is C21H20Cl2N2O2. The largest absolute Gasteiger partial charge is 0.495 e. The highest BCUT2D eigenvalue weighted by molar-refractivity contribution is 6.35. The van der Waals surface area contributed by atoms with Gasteiger partial charge in [-0.3, -0.25) is 4.79 Å². The summed E-state index contributed by atoms with van der Waals surface area (Å²) in [5.41, 5.74) is 1.04. The van der Waals surface area contributed by atoms with Crippen LogP contribution in [0, 0.1) is 11.3 Å². The van der Waals surface area contributed by atoms with E-state index in [2.05, 4.69) is 11.4 Å². The van der Waals surface area contributed by atoms with Crippen LogP contribution in [0.15, 0.2) is 36.4 Å². The molecule has 0 atom stereocenters. The maximum atomic E-state index is 13.4. The Morgan fingerprint density at radius 2 is 1.89 bits per heavy atom. The van der Waals surface area contributed by atoms with Crippen molar-refractivity contribution >= 4 is 34.8 Å². The monoisotopic (exact) mass is 402 g/mol. The molecule has 0 heterocycles. The number of ether oxygens (including phenoxy) is 1. The van der Waals surface area contributed by atoms with Crippen LogP contribution < -0.4 is 10.1 Å². The Labute approximate surface area is 169 Å². The van der Waals surface area contributed by atoms with Crippen molar-refractivity contribution in [3.63, 3.8) is 0 Å². The number of amides is 1. The van der Waals surface area contributed by atoms with Gasteiger partial charge in [-0.1, -0.05) is 48.5 Å². The minimum Gasteiger partial charge on any atom is -0.495 e. The van der Waals surface area contributed by atoms with E-state index in [0.29, 0.717) is 27.0 Å². The Morgan fingerprint density at radius 3 is 2.52 bits per heavy atom. The average molecular weight is 403 g/mol. The minimum absolute atomic E-state index is 0.111. The highest BCUT2D eigenvalue weighted by Gasteiger charge is 2.42. The smallest absolute Gasteiger partial charge is 0.235 e. The van der Waals surface area contributed by atoms with Crippen molar-refractivity contribution in [2.75, 3.05) is 12.4 Å². The number of rotatable bonds is 4. The summed E-state index contributed by atoms with van der Waals surface area (Å²) in [5, 5.41) is 13.3. The van der Waals surface area contributed by atoms with Crippen LogP contribution in [-0.4, -0.2) is 13.0 Å². The van der Waals surface area contributed by atoms with Gasteiger partial charge in [0.15, 0.2) is 0 Å². The molecule has 1 saturated carbocycles. The van der Waals surface area contributed by atoms with E-state index in [9.17, 15) is 10.1 Å². The average Bonchev–Trinajstić information content (AvgIpc) is 2.68. The molecule has 2 aromatic carbocycles. The van der Waals surface area contributed by atoms with E-state index in [4.69, 9.17) is 27.9 Å². The molecule has 0 aromatic heterocycles. The van der Waals surface area contributed by atoms with E-state index in [1.165, 1.54) is 7.11 Å². The lowest BCUT2D eigenvalue weighted by Gasteiger charge is -2.37. The molecule has 6 heteroatoms. The number of methoxy groups -OCH3 is 1. The Bertz CT molecular complexity index is 900. The summed E-state index contributed by atoms with van der Waals surface area (Å²) in [5.74, 6) is 0.365. The van der Waals surface area contributed by atoms with Gasteiger partial charge in [0, 0.05) is 15.7 Å². The summed E-state index contributed by atoms with van der Waals surface area (Å²) >= 11 is 12.5. The quantitative estimate of drug-likeness (QED) is 0.711. The van der Waals surface area contributed by atoms with Gasteiger partial charge in [-0.15, -0.1) is 0 Å². The molecule has 1 aliphatic carbocycles. The number of halogens is 2. The van der Waals surface area contributed by atoms with E-state index in [0.717, 1.165) is 37.7 Å². The van der Waals surface area contributed by atoms with Gasteiger partial charge in [0.25, 0.3) is 0 Å². The van der Waals surface area contributed by atoms with E-state index >= 15 is 0 Å². The number of carbonyl (C=O) groups excluding carboxylic acids is 1. The predicted octanol–water partition coefficient (Wildman–Crippen LogP) is 5.71. The number of hydrogen-bond acceptors (Lipinski definition) is 3. The molecule has 2 aromatic rings. The number of nitrogens with one attached hydrogen (secondary N) is 1. The Morgan fingerprint density at radius 1 is 1.15 bits per heavy atom. The van der Waals surface area contributed by atoms with E-state index in [1.807, 2.05) is 6.07 Å². The van der Waals surface area contributed by atoms with Crippen molar-refractivity contribution in [1.29, 1.82) is 5.26 Å². The third kappa shape index (κ3) is 3.90. The van der Waals surface area contributed by atoms with Crippen LogP contribution in [0.2, 0.25) is 10.0 Å². The SMILES string of the molecule is COc1ccc(NC(=O)C2(c3ccc(Cl)cc3Cl)CCCCC2)cc1C#N. The Kier molecular flexibility index (Phi) is 5.94. The van der Waals surface area contributed by atoms with Gasteiger partial charge >= 0.3 is 0 Å². The highest BCUT2D eigenvalue weighted by Crippen LogP contribution is 2.44. The number of carbonyl (C=O) groups is 1. The molecule has 0 aliphatic heterocycles. The maximum absolute atomic E-state index is 13.4. The van der Waals surface area contributed by atoms with Crippen molar-refractivity contribution in [3.05, 3.63) is 57.6 Å². The standard InChI is InChI=1S/C21H20Cl2N2O2/c1-27-19-8-6-16(11-14(19)13-24)25-20(26)21(9-3-2-4-10-21)17-7-5-15(22)12-18(17)23/h5-8,11-12H,2-4,9-10H2,1H3,(H,25,26). The van der Waals surface area contributed by atoms with Crippen LogP contribution >= 0.6 is 23.2 Å². The molecule has 1 fully saturated rings. The van der Waals surface area contributed by atoms with E-state index in [-0.39, 0.29) is 5.91 Å². The molecule has 1 amide bonds. The lowest BCUT2D eigenvalue weighted by atomic mass is 9.68. The molecule has 0 bridgehead atoms. The van der Waals surface area contributed by atoms with Crippen molar-refractivity contribution in [2.24, 2.45) is 0 Å². The summed E-state index contributed by atoms with van der Waals surface area (Å²) < 4.78 is 5.16. The van der Waals surface area contributed by atoms with Crippen LogP contribution in [0.25, 0.3) is 0 Å². The van der Waals surface area contributed by atoms with Crippen molar-refractivity contribution in [1.82, 2.24) is 0 Å². The van der Waals surface area contributed by atoms with Gasteiger partial charge in [-0.05, 0) is 48.7 Å². The molecule has 4 nitrogen and oxygen atoms in total. The second-order valence-electron chi connectivity index (χ2n) is 6.75. The molecule has 0 saturated heterocycles. The van der Waals surface area contributed by atoms with Crippen molar-refractivity contribution in [2.45, 2.75) is 37.5 Å². The lowest BCUT2D eigenvalue weighted by molar-refractivity contribution is -0.122. The van der Waals surface area contributed by atoms with Gasteiger partial charge < -0.3 is 10.1 Å². The van der Waals surface area contributed by atoms with Crippen LogP contribution in [0.1, 0.15) is 43.2 Å². The minimum atomic E-state index is -0.702. The van der Waals surface area contributed by atoms with Gasteiger partial charge in [-0.2, -0.15) is 5.26 Å². The number of nitriles is 1. The highest BCUT2D eigenvalue weighted by atomic mass is 35.5. The lowest BCUT2D eigenvalue weighted by Crippen LogP contribution is -2.42. The summed E-state index contributed by atoms with van der Waals surface area (Å²) in [6.07, 6.45) is 4.46. The van der Waals surface area contributed by atoms with Gasteiger partial charge in [-0.25, -0.2) is 0 Å². The zero-order chi connectivity index (χ0) is 19.4. The summed E-state index contributed by atoms with van der Waals surface area (Å²) in [6.45, 7) is 0. The second-order valence-corrected chi connectivity index (χ2v) is 7.59. The zero-order valence-corrected chi connectivity index (χ0v) is 16.5. The number of anilines is 1. The van der Waals surface area contributed by atoms with E-state index < -0.39 is 5.41 Å². The Hall–Kier alpha value is -2.22. The van der Waals surface area contributed by atoms with Crippen LogP contribution in [-0.2, 0) is 10.2 Å². The molecule has 0 unspecified atom stereocenters. The first-order valence-corrected chi connectivity index (χ1v) is 9.61. The normalized spacial score (nSPS) is 15.6. The number of nitrogens with zero attached hydrogens (tertiary/aromatic N) is 1. The summed E-state index contributed by atoms with van der Waals surface area (Å²) in [4.78, 5) is 13.4. The predicted molar refractivity (Wildman–Crippen MR) is 108 cm³/mol. The summed E-state index contributed by atoms with van der Waals surface area (Å²) in [6, 6.07) is 12.4. The van der Waals surface area contributed by atoms with Crippen molar-refractivity contribution < 1.29 is 9.53 Å². The first kappa shape index (κ1) is 19.5. The summed E-state index contributed by atoms with van der Waals surface area (Å²) in [7, 11) is 1.51. The van der Waals surface area contributed by atoms with Crippen molar-refractivity contribution in [3.8, 4) is 11.8 Å². The third-order valence-corrected chi connectivity index (χ3v) is 5.71. The molecule has 0 radical (unpaired) electrons. The first-order valence-electron chi connectivity index (χ1n) is 8.85. The number of hydrogen-bond donors (Lipinski definition) is 1. The molecule has 140 valence electrons. The Balaban J connectivity index is 1.96. The molecule has 1 aliphatic rings. The fourth-order valence-corrected chi connectivity index (χ4v) is 4.36. The molecular weight excluding hydrogens is 383 g/mol. The second kappa shape index (κ2) is 8.21. The maximum Gasteiger partial charge on any atom is 0.235 e. The third-order valence-electron chi connectivity index (χ3n) is 5.17. The molecule has 1 N–H and O–H groups in total. The fourth-order valence-electron chi connectivity index (χ4n) is 3.78. The van der Waals surface area contributed by atoms with Gasteiger partial charge in [0.05, 0.1) is 18.1 Å². The first-order chi connectivity index (χ1) is 13.0. The molecule has 27 heavy (non-hydrogen) atoms. The number of benzene rings is 2. The molecule has 3 rings (SSSR count). The van der Waals surface area contributed by atoms with Crippen LogP contribution in [0.4, 0.5) is 5.69 Å². The zero-order valence-electron chi connectivity index (χ0n) is 15.0.